The molecule has 1 atom stereocenters. The van der Waals surface area contributed by atoms with Crippen LogP contribution < -0.4 is 10.6 Å². The molecular formula is C11H17BrN4O2. The van der Waals surface area contributed by atoms with Crippen molar-refractivity contribution in [3.63, 3.8) is 0 Å². The van der Waals surface area contributed by atoms with E-state index in [0.717, 1.165) is 23.3 Å². The third kappa shape index (κ3) is 2.90. The van der Waals surface area contributed by atoms with Crippen LogP contribution in [0.1, 0.15) is 6.42 Å². The van der Waals surface area contributed by atoms with E-state index in [1.807, 2.05) is 0 Å². The van der Waals surface area contributed by atoms with Gasteiger partial charge in [0, 0.05) is 39.9 Å². The number of aromatic nitrogens is 2. The molecule has 0 saturated carbocycles. The second kappa shape index (κ2) is 5.81. The average molecular weight is 317 g/mol. The van der Waals surface area contributed by atoms with Gasteiger partial charge in [-0.15, -0.1) is 0 Å². The van der Waals surface area contributed by atoms with Gasteiger partial charge >= 0.3 is 0 Å². The molecule has 0 aliphatic carbocycles. The predicted molar refractivity (Wildman–Crippen MR) is 72.9 cm³/mol. The van der Waals surface area contributed by atoms with Gasteiger partial charge in [0.25, 0.3) is 0 Å². The Labute approximate surface area is 115 Å². The first-order valence-electron chi connectivity index (χ1n) is 5.76. The highest BCUT2D eigenvalue weighted by atomic mass is 79.9. The van der Waals surface area contributed by atoms with Crippen molar-refractivity contribution in [2.45, 2.75) is 12.0 Å². The monoisotopic (exact) mass is 316 g/mol. The fourth-order valence-corrected chi connectivity index (χ4v) is 2.15. The molecule has 1 saturated heterocycles. The van der Waals surface area contributed by atoms with E-state index in [1.165, 1.54) is 0 Å². The van der Waals surface area contributed by atoms with Crippen molar-refractivity contribution >= 4 is 27.7 Å². The Morgan fingerprint density at radius 2 is 2.44 bits per heavy atom. The second-order valence-electron chi connectivity index (χ2n) is 4.18. The van der Waals surface area contributed by atoms with E-state index in [1.54, 1.807) is 20.4 Å². The smallest absolute Gasteiger partial charge is 0.224 e. The molecule has 0 spiro atoms. The van der Waals surface area contributed by atoms with Crippen LogP contribution in [0.4, 0.5) is 11.8 Å². The molecule has 1 unspecified atom stereocenters. The van der Waals surface area contributed by atoms with Gasteiger partial charge in [0.1, 0.15) is 11.4 Å². The van der Waals surface area contributed by atoms with Crippen molar-refractivity contribution in [3.8, 4) is 0 Å². The summed E-state index contributed by atoms with van der Waals surface area (Å²) in [5.41, 5.74) is -0.260. The molecule has 6 nitrogen and oxygen atoms in total. The Hall–Kier alpha value is -0.920. The SMILES string of the molecule is CNc1ncc(Br)c(NCC2(OC)CCOC2)n1. The van der Waals surface area contributed by atoms with Gasteiger partial charge < -0.3 is 20.1 Å². The molecular weight excluding hydrogens is 300 g/mol. The minimum atomic E-state index is -0.260. The molecule has 7 heteroatoms. The first-order chi connectivity index (χ1) is 8.69. The molecule has 1 aliphatic rings. The fourth-order valence-electron chi connectivity index (χ4n) is 1.82. The minimum Gasteiger partial charge on any atom is -0.378 e. The highest BCUT2D eigenvalue weighted by molar-refractivity contribution is 9.10. The lowest BCUT2D eigenvalue weighted by Crippen LogP contribution is -2.39. The topological polar surface area (TPSA) is 68.3 Å². The number of hydrogen-bond acceptors (Lipinski definition) is 6. The molecule has 0 aromatic carbocycles. The lowest BCUT2D eigenvalue weighted by atomic mass is 10.0. The molecule has 1 aromatic rings. The number of methoxy groups -OCH3 is 1. The van der Waals surface area contributed by atoms with Crippen LogP contribution in [-0.2, 0) is 9.47 Å². The first-order valence-corrected chi connectivity index (χ1v) is 6.55. The largest absolute Gasteiger partial charge is 0.378 e. The van der Waals surface area contributed by atoms with Crippen LogP contribution in [0.25, 0.3) is 0 Å². The quantitative estimate of drug-likeness (QED) is 0.858. The molecule has 2 N–H and O–H groups in total. The number of nitrogens with zero attached hydrogens (tertiary/aromatic N) is 2. The lowest BCUT2D eigenvalue weighted by molar-refractivity contribution is -0.00626. The summed E-state index contributed by atoms with van der Waals surface area (Å²) in [7, 11) is 3.50. The molecule has 1 aromatic heterocycles. The van der Waals surface area contributed by atoms with Crippen molar-refractivity contribution in [2.24, 2.45) is 0 Å². The van der Waals surface area contributed by atoms with E-state index in [4.69, 9.17) is 9.47 Å². The van der Waals surface area contributed by atoms with E-state index < -0.39 is 0 Å². The van der Waals surface area contributed by atoms with Crippen LogP contribution in [0.15, 0.2) is 10.7 Å². The summed E-state index contributed by atoms with van der Waals surface area (Å²) in [4.78, 5) is 8.45. The Morgan fingerprint density at radius 1 is 1.61 bits per heavy atom. The van der Waals surface area contributed by atoms with Crippen LogP contribution in [0.5, 0.6) is 0 Å². The summed E-state index contributed by atoms with van der Waals surface area (Å²) in [5, 5.41) is 6.19. The summed E-state index contributed by atoms with van der Waals surface area (Å²) in [6.07, 6.45) is 2.60. The van der Waals surface area contributed by atoms with Crippen LogP contribution in [-0.4, -0.2) is 49.5 Å². The Bertz CT molecular complexity index is 410. The zero-order chi connectivity index (χ0) is 13.0. The maximum absolute atomic E-state index is 5.56. The van der Waals surface area contributed by atoms with E-state index in [9.17, 15) is 0 Å². The van der Waals surface area contributed by atoms with Gasteiger partial charge in [-0.1, -0.05) is 0 Å². The van der Waals surface area contributed by atoms with Gasteiger partial charge in [-0.2, -0.15) is 4.98 Å². The van der Waals surface area contributed by atoms with Gasteiger partial charge in [-0.05, 0) is 15.9 Å². The third-order valence-corrected chi connectivity index (χ3v) is 3.63. The lowest BCUT2D eigenvalue weighted by Gasteiger charge is -2.26. The fraction of sp³-hybridized carbons (Fsp3) is 0.636. The standard InChI is InChI=1S/C11H17BrN4O2/c1-13-10-14-5-8(12)9(16-10)15-6-11(17-2)3-4-18-7-11/h5H,3-4,6-7H2,1-2H3,(H2,13,14,15,16). The number of ether oxygens (including phenoxy) is 2. The van der Waals surface area contributed by atoms with Crippen molar-refractivity contribution in [1.29, 1.82) is 0 Å². The Kier molecular flexibility index (Phi) is 4.36. The maximum atomic E-state index is 5.56. The second-order valence-corrected chi connectivity index (χ2v) is 5.04. The summed E-state index contributed by atoms with van der Waals surface area (Å²) >= 11 is 3.42. The molecule has 0 bridgehead atoms. The molecule has 1 aliphatic heterocycles. The number of hydrogen-bond donors (Lipinski definition) is 2. The number of halogens is 1. The Balaban J connectivity index is 2.05. The predicted octanol–water partition coefficient (Wildman–Crippen LogP) is 1.50. The van der Waals surface area contributed by atoms with Crippen molar-refractivity contribution in [3.05, 3.63) is 10.7 Å². The number of nitrogens with one attached hydrogen (secondary N) is 2. The summed E-state index contributed by atoms with van der Waals surface area (Å²) in [6.45, 7) is 2.00. The zero-order valence-corrected chi connectivity index (χ0v) is 12.1. The van der Waals surface area contributed by atoms with Crippen LogP contribution >= 0.6 is 15.9 Å². The highest BCUT2D eigenvalue weighted by Gasteiger charge is 2.34. The molecule has 100 valence electrons. The van der Waals surface area contributed by atoms with Crippen LogP contribution in [0.2, 0.25) is 0 Å². The normalized spacial score (nSPS) is 23.1. The molecule has 0 radical (unpaired) electrons. The van der Waals surface area contributed by atoms with E-state index in [0.29, 0.717) is 19.1 Å². The third-order valence-electron chi connectivity index (χ3n) is 3.05. The molecule has 18 heavy (non-hydrogen) atoms. The number of rotatable bonds is 5. The number of anilines is 2. The summed E-state index contributed by atoms with van der Waals surface area (Å²) in [5.74, 6) is 1.33. The van der Waals surface area contributed by atoms with Gasteiger partial charge in [0.2, 0.25) is 5.95 Å². The Morgan fingerprint density at radius 3 is 3.06 bits per heavy atom. The molecule has 2 heterocycles. The van der Waals surface area contributed by atoms with E-state index >= 15 is 0 Å². The average Bonchev–Trinajstić information content (AvgIpc) is 2.87. The van der Waals surface area contributed by atoms with E-state index in [-0.39, 0.29) is 5.60 Å². The maximum Gasteiger partial charge on any atom is 0.224 e. The van der Waals surface area contributed by atoms with E-state index in [2.05, 4.69) is 36.5 Å². The van der Waals surface area contributed by atoms with Crippen molar-refractivity contribution in [2.75, 3.05) is 44.5 Å². The van der Waals surface area contributed by atoms with Crippen molar-refractivity contribution < 1.29 is 9.47 Å². The van der Waals surface area contributed by atoms with Crippen molar-refractivity contribution in [1.82, 2.24) is 9.97 Å². The summed E-state index contributed by atoms with van der Waals surface area (Å²) in [6, 6.07) is 0. The first kappa shape index (κ1) is 13.5. The zero-order valence-electron chi connectivity index (χ0n) is 10.5. The van der Waals surface area contributed by atoms with Crippen LogP contribution in [0, 0.1) is 0 Å². The molecule has 2 rings (SSSR count). The highest BCUT2D eigenvalue weighted by Crippen LogP contribution is 2.25. The summed E-state index contributed by atoms with van der Waals surface area (Å²) < 4.78 is 11.8. The van der Waals surface area contributed by atoms with Gasteiger partial charge in [-0.3, -0.25) is 0 Å². The minimum absolute atomic E-state index is 0.260. The molecule has 1 fully saturated rings. The van der Waals surface area contributed by atoms with Crippen LogP contribution in [0.3, 0.4) is 0 Å². The molecule has 0 amide bonds. The van der Waals surface area contributed by atoms with Gasteiger partial charge in [0.15, 0.2) is 0 Å². The van der Waals surface area contributed by atoms with Gasteiger partial charge in [0.05, 0.1) is 11.1 Å². The van der Waals surface area contributed by atoms with Gasteiger partial charge in [-0.25, -0.2) is 4.98 Å².